The fourth-order valence-electron chi connectivity index (χ4n) is 4.25. The van der Waals surface area contributed by atoms with Gasteiger partial charge in [0.1, 0.15) is 17.6 Å². The SMILES string of the molecule is CCN(CC)C(=O)C1=C(C)N=c2s/c(=C\c3ccc(N(C)C)o3)c(=O)n2C1c1ccccc1OC. The highest BCUT2D eigenvalue weighted by atomic mass is 32.1. The molecule has 0 saturated heterocycles. The average molecular weight is 495 g/mol. The third-order valence-electron chi connectivity index (χ3n) is 6.06. The molecule has 1 unspecified atom stereocenters. The van der Waals surface area contributed by atoms with Crippen LogP contribution in [0.5, 0.6) is 5.75 Å². The topological polar surface area (TPSA) is 80.3 Å². The van der Waals surface area contributed by atoms with E-state index >= 15 is 0 Å². The Hall–Kier alpha value is -3.59. The number of allylic oxidation sites excluding steroid dienone is 1. The summed E-state index contributed by atoms with van der Waals surface area (Å²) in [5, 5.41) is 0. The van der Waals surface area contributed by atoms with Crippen LogP contribution in [0.15, 0.2) is 61.9 Å². The number of benzene rings is 1. The zero-order valence-electron chi connectivity index (χ0n) is 20.9. The summed E-state index contributed by atoms with van der Waals surface area (Å²) >= 11 is 1.28. The number of methoxy groups -OCH3 is 1. The molecule has 8 nitrogen and oxygen atoms in total. The van der Waals surface area contributed by atoms with Crippen molar-refractivity contribution in [3.8, 4) is 5.75 Å². The number of carbonyl (C=O) groups excluding carboxylic acids is 1. The largest absolute Gasteiger partial charge is 0.496 e. The molecule has 0 spiro atoms. The Morgan fingerprint density at radius 3 is 2.54 bits per heavy atom. The van der Waals surface area contributed by atoms with Gasteiger partial charge in [-0.15, -0.1) is 0 Å². The van der Waals surface area contributed by atoms with Crippen LogP contribution >= 0.6 is 11.3 Å². The maximum atomic E-state index is 13.8. The number of hydrogen-bond donors (Lipinski definition) is 0. The number of amides is 1. The predicted octanol–water partition coefficient (Wildman–Crippen LogP) is 2.77. The number of furan rings is 1. The molecule has 1 aliphatic heterocycles. The second kappa shape index (κ2) is 9.95. The van der Waals surface area contributed by atoms with Gasteiger partial charge in [-0.1, -0.05) is 29.5 Å². The molecule has 0 radical (unpaired) electrons. The summed E-state index contributed by atoms with van der Waals surface area (Å²) in [4.78, 5) is 36.3. The monoisotopic (exact) mass is 494 g/mol. The summed E-state index contributed by atoms with van der Waals surface area (Å²) < 4.78 is 13.6. The van der Waals surface area contributed by atoms with E-state index in [1.54, 1.807) is 22.7 Å². The molecule has 0 N–H and O–H groups in total. The number of aromatic nitrogens is 1. The van der Waals surface area contributed by atoms with Gasteiger partial charge < -0.3 is 19.0 Å². The van der Waals surface area contributed by atoms with Crippen molar-refractivity contribution < 1.29 is 13.9 Å². The number of nitrogens with zero attached hydrogens (tertiary/aromatic N) is 4. The predicted molar refractivity (Wildman–Crippen MR) is 138 cm³/mol. The lowest BCUT2D eigenvalue weighted by atomic mass is 9.94. The van der Waals surface area contributed by atoms with E-state index in [9.17, 15) is 9.59 Å². The van der Waals surface area contributed by atoms with E-state index in [-0.39, 0.29) is 11.5 Å². The number of rotatable bonds is 7. The van der Waals surface area contributed by atoms with Gasteiger partial charge in [0.05, 0.1) is 22.9 Å². The average Bonchev–Trinajstić information content (AvgIpc) is 3.43. The number of anilines is 1. The third kappa shape index (κ3) is 4.43. The summed E-state index contributed by atoms with van der Waals surface area (Å²) in [6.07, 6.45) is 1.72. The molecule has 0 bridgehead atoms. The van der Waals surface area contributed by atoms with Gasteiger partial charge in [-0.25, -0.2) is 4.99 Å². The molecule has 3 heterocycles. The maximum Gasteiger partial charge on any atom is 0.271 e. The molecular formula is C26H30N4O4S. The van der Waals surface area contributed by atoms with Crippen molar-refractivity contribution in [1.29, 1.82) is 0 Å². The summed E-state index contributed by atoms with van der Waals surface area (Å²) in [7, 11) is 5.37. The van der Waals surface area contributed by atoms with Crippen LogP contribution in [-0.2, 0) is 4.79 Å². The second-order valence-electron chi connectivity index (χ2n) is 8.37. The Morgan fingerprint density at radius 1 is 1.20 bits per heavy atom. The van der Waals surface area contributed by atoms with Gasteiger partial charge in [-0.2, -0.15) is 0 Å². The molecule has 35 heavy (non-hydrogen) atoms. The standard InChI is InChI=1S/C26H30N4O4S/c1-7-29(8-2)25(32)22-16(3)27-26-30(23(22)18-11-9-10-12-19(18)33-6)24(31)20(35-26)15-17-13-14-21(34-17)28(4)5/h9-15,23H,7-8H2,1-6H3/b20-15-. The number of carbonyl (C=O) groups is 1. The summed E-state index contributed by atoms with van der Waals surface area (Å²) in [5.74, 6) is 1.73. The number of para-hydroxylation sites is 1. The van der Waals surface area contributed by atoms with Crippen molar-refractivity contribution in [3.63, 3.8) is 0 Å². The Kier molecular flexibility index (Phi) is 6.98. The summed E-state index contributed by atoms with van der Waals surface area (Å²) in [6.45, 7) is 6.82. The van der Waals surface area contributed by atoms with E-state index in [4.69, 9.17) is 14.1 Å². The summed E-state index contributed by atoms with van der Waals surface area (Å²) in [5.41, 5.74) is 1.58. The molecule has 2 aromatic heterocycles. The minimum Gasteiger partial charge on any atom is -0.496 e. The molecule has 0 aliphatic carbocycles. The van der Waals surface area contributed by atoms with Crippen molar-refractivity contribution in [2.45, 2.75) is 26.8 Å². The minimum absolute atomic E-state index is 0.136. The Bertz CT molecular complexity index is 1460. The normalized spacial score (nSPS) is 15.6. The molecule has 1 aliphatic rings. The molecule has 1 atom stereocenters. The third-order valence-corrected chi connectivity index (χ3v) is 7.05. The highest BCUT2D eigenvalue weighted by Crippen LogP contribution is 2.36. The minimum atomic E-state index is -0.661. The molecule has 0 saturated carbocycles. The number of thiazole rings is 1. The zero-order valence-corrected chi connectivity index (χ0v) is 21.7. The van der Waals surface area contributed by atoms with Gasteiger partial charge in [0.15, 0.2) is 10.7 Å². The molecule has 1 amide bonds. The van der Waals surface area contributed by atoms with Crippen molar-refractivity contribution in [2.75, 3.05) is 39.2 Å². The quantitative estimate of drug-likeness (QED) is 0.505. The van der Waals surface area contributed by atoms with Crippen LogP contribution in [0.2, 0.25) is 0 Å². The van der Waals surface area contributed by atoms with Crippen LogP contribution in [0, 0.1) is 0 Å². The zero-order chi connectivity index (χ0) is 25.3. The number of likely N-dealkylation sites (N-methyl/N-ethyl adjacent to an activating group) is 1. The first-order chi connectivity index (χ1) is 16.8. The van der Waals surface area contributed by atoms with Crippen molar-refractivity contribution in [2.24, 2.45) is 4.99 Å². The van der Waals surface area contributed by atoms with E-state index < -0.39 is 6.04 Å². The Morgan fingerprint density at radius 2 is 1.91 bits per heavy atom. The van der Waals surface area contributed by atoms with Crippen LogP contribution in [0.4, 0.5) is 5.88 Å². The van der Waals surface area contributed by atoms with E-state index in [1.165, 1.54) is 11.3 Å². The Balaban J connectivity index is 1.97. The van der Waals surface area contributed by atoms with Gasteiger partial charge in [-0.3, -0.25) is 14.2 Å². The van der Waals surface area contributed by atoms with Crippen LogP contribution < -0.4 is 24.5 Å². The molecule has 184 valence electrons. The highest BCUT2D eigenvalue weighted by Gasteiger charge is 2.35. The van der Waals surface area contributed by atoms with Gasteiger partial charge in [0, 0.05) is 44.9 Å². The van der Waals surface area contributed by atoms with Crippen molar-refractivity contribution >= 4 is 29.2 Å². The molecule has 0 fully saturated rings. The molecule has 1 aromatic carbocycles. The van der Waals surface area contributed by atoms with E-state index in [1.807, 2.05) is 76.2 Å². The maximum absolute atomic E-state index is 13.8. The number of ether oxygens (including phenoxy) is 1. The summed E-state index contributed by atoms with van der Waals surface area (Å²) in [6, 6.07) is 10.5. The Labute approximate surface area is 208 Å². The van der Waals surface area contributed by atoms with E-state index in [2.05, 4.69) is 0 Å². The first kappa shape index (κ1) is 24.5. The first-order valence-corrected chi connectivity index (χ1v) is 12.3. The second-order valence-corrected chi connectivity index (χ2v) is 9.38. The molecule has 4 rings (SSSR count). The van der Waals surface area contributed by atoms with Crippen molar-refractivity contribution in [1.82, 2.24) is 9.47 Å². The van der Waals surface area contributed by atoms with Crippen LogP contribution in [-0.4, -0.2) is 49.7 Å². The van der Waals surface area contributed by atoms with Crippen molar-refractivity contribution in [3.05, 3.63) is 78.7 Å². The smallest absolute Gasteiger partial charge is 0.271 e. The fourth-order valence-corrected chi connectivity index (χ4v) is 5.28. The molecule has 3 aromatic rings. The van der Waals surface area contributed by atoms with Gasteiger partial charge >= 0.3 is 0 Å². The highest BCUT2D eigenvalue weighted by molar-refractivity contribution is 7.07. The van der Waals surface area contributed by atoms with E-state index in [0.29, 0.717) is 51.1 Å². The number of hydrogen-bond acceptors (Lipinski definition) is 7. The lowest BCUT2D eigenvalue weighted by Gasteiger charge is -2.29. The van der Waals surface area contributed by atoms with Crippen LogP contribution in [0.1, 0.15) is 38.1 Å². The lowest BCUT2D eigenvalue weighted by Crippen LogP contribution is -2.43. The molecular weight excluding hydrogens is 464 g/mol. The van der Waals surface area contributed by atoms with Crippen LogP contribution in [0.3, 0.4) is 0 Å². The molecule has 9 heteroatoms. The fraction of sp³-hybridized carbons (Fsp3) is 0.346. The van der Waals surface area contributed by atoms with E-state index in [0.717, 1.165) is 5.56 Å². The van der Waals surface area contributed by atoms with Gasteiger partial charge in [-0.05, 0) is 32.9 Å². The van der Waals surface area contributed by atoms with Crippen LogP contribution in [0.25, 0.3) is 6.08 Å². The lowest BCUT2D eigenvalue weighted by molar-refractivity contribution is -0.127. The van der Waals surface area contributed by atoms with Gasteiger partial charge in [0.2, 0.25) is 0 Å². The number of fused-ring (bicyclic) bond motifs is 1. The first-order valence-electron chi connectivity index (χ1n) is 11.5. The van der Waals surface area contributed by atoms with Gasteiger partial charge in [0.25, 0.3) is 11.5 Å².